The Morgan fingerprint density at radius 2 is 2.25 bits per heavy atom. The minimum absolute atomic E-state index is 0.0104. The van der Waals surface area contributed by atoms with Crippen LogP contribution in [0.1, 0.15) is 35.0 Å². The van der Waals surface area contributed by atoms with Crippen molar-refractivity contribution < 1.29 is 18.3 Å². The molecule has 2 N–H and O–H groups in total. The van der Waals surface area contributed by atoms with Gasteiger partial charge in [-0.25, -0.2) is 13.6 Å². The molecule has 0 bridgehead atoms. The van der Waals surface area contributed by atoms with E-state index in [1.807, 2.05) is 0 Å². The quantitative estimate of drug-likeness (QED) is 0.807. The summed E-state index contributed by atoms with van der Waals surface area (Å²) in [7, 11) is 0. The molecule has 1 heterocycles. The van der Waals surface area contributed by atoms with Gasteiger partial charge in [-0.1, -0.05) is 0 Å². The van der Waals surface area contributed by atoms with Crippen LogP contribution in [0.2, 0.25) is 0 Å². The number of nitrogens with two attached hydrogens (primary N) is 1. The van der Waals surface area contributed by atoms with E-state index >= 15 is 0 Å². The van der Waals surface area contributed by atoms with E-state index in [2.05, 4.69) is 4.98 Å². The second-order valence-electron chi connectivity index (χ2n) is 3.12. The van der Waals surface area contributed by atoms with Gasteiger partial charge in [-0.3, -0.25) is 4.98 Å². The predicted molar refractivity (Wildman–Crippen MR) is 54.3 cm³/mol. The molecule has 88 valence electrons. The average Bonchev–Trinajstić information content (AvgIpc) is 2.21. The number of pyridine rings is 1. The molecule has 6 heteroatoms. The Hall–Kier alpha value is -1.72. The zero-order chi connectivity index (χ0) is 12.3. The topological polar surface area (TPSA) is 65.2 Å². The van der Waals surface area contributed by atoms with Crippen molar-refractivity contribution in [3.05, 3.63) is 23.0 Å². The Bertz CT molecular complexity index is 408. The number of nitrogen functional groups attached to an aromatic ring is 1. The maximum Gasteiger partial charge on any atom is 0.341 e. The second kappa shape index (κ2) is 4.87. The van der Waals surface area contributed by atoms with Crippen molar-refractivity contribution in [1.82, 2.24) is 4.98 Å². The normalized spacial score (nSPS) is 10.6. The summed E-state index contributed by atoms with van der Waals surface area (Å²) in [5, 5.41) is 0. The van der Waals surface area contributed by atoms with Crippen LogP contribution in [0, 0.1) is 6.92 Å². The highest BCUT2D eigenvalue weighted by atomic mass is 19.3. The van der Waals surface area contributed by atoms with Gasteiger partial charge in [0.15, 0.2) is 0 Å². The number of aromatic nitrogens is 1. The van der Waals surface area contributed by atoms with E-state index in [1.165, 1.54) is 6.92 Å². The molecule has 1 aromatic rings. The van der Waals surface area contributed by atoms with Gasteiger partial charge in [0.1, 0.15) is 11.3 Å². The summed E-state index contributed by atoms with van der Waals surface area (Å²) in [6.45, 7) is 3.22. The molecule has 1 rings (SSSR count). The van der Waals surface area contributed by atoms with E-state index in [9.17, 15) is 13.6 Å². The molecule has 0 atom stereocenters. The van der Waals surface area contributed by atoms with Crippen molar-refractivity contribution in [2.75, 3.05) is 12.3 Å². The van der Waals surface area contributed by atoms with Gasteiger partial charge in [0.25, 0.3) is 6.43 Å². The fraction of sp³-hybridized carbons (Fsp3) is 0.400. The molecule has 16 heavy (non-hydrogen) atoms. The number of esters is 1. The van der Waals surface area contributed by atoms with Crippen LogP contribution in [0.15, 0.2) is 6.20 Å². The molecule has 0 amide bonds. The molecular formula is C10H12F2N2O2. The van der Waals surface area contributed by atoms with Gasteiger partial charge in [0.2, 0.25) is 0 Å². The summed E-state index contributed by atoms with van der Waals surface area (Å²) < 4.78 is 29.6. The maximum atomic E-state index is 12.5. The third kappa shape index (κ3) is 2.26. The lowest BCUT2D eigenvalue weighted by atomic mass is 10.1. The summed E-state index contributed by atoms with van der Waals surface area (Å²) in [4.78, 5) is 14.9. The van der Waals surface area contributed by atoms with Crippen LogP contribution >= 0.6 is 0 Å². The van der Waals surface area contributed by atoms with Gasteiger partial charge in [-0.15, -0.1) is 0 Å². The van der Waals surface area contributed by atoms with Crippen molar-refractivity contribution in [3.63, 3.8) is 0 Å². The highest BCUT2D eigenvalue weighted by molar-refractivity contribution is 5.95. The molecule has 0 aliphatic heterocycles. The van der Waals surface area contributed by atoms with Crippen molar-refractivity contribution in [2.45, 2.75) is 20.3 Å². The van der Waals surface area contributed by atoms with E-state index in [0.29, 0.717) is 0 Å². The molecule has 0 aromatic carbocycles. The molecular weight excluding hydrogens is 218 g/mol. The highest BCUT2D eigenvalue weighted by Crippen LogP contribution is 2.26. The molecule has 0 spiro atoms. The number of carbonyl (C=O) groups excluding carboxylic acids is 1. The lowest BCUT2D eigenvalue weighted by Crippen LogP contribution is -2.11. The van der Waals surface area contributed by atoms with Gasteiger partial charge >= 0.3 is 5.97 Å². The van der Waals surface area contributed by atoms with Crippen LogP contribution in [-0.4, -0.2) is 17.6 Å². The SMILES string of the molecule is CCOC(=O)c1cnc(C(F)F)c(C)c1N. The molecule has 0 radical (unpaired) electrons. The van der Waals surface area contributed by atoms with Gasteiger partial charge < -0.3 is 10.5 Å². The van der Waals surface area contributed by atoms with Crippen LogP contribution in [-0.2, 0) is 4.74 Å². The van der Waals surface area contributed by atoms with E-state index in [1.54, 1.807) is 6.92 Å². The van der Waals surface area contributed by atoms with Crippen LogP contribution in [0.4, 0.5) is 14.5 Å². The first-order valence-corrected chi connectivity index (χ1v) is 4.69. The van der Waals surface area contributed by atoms with E-state index in [-0.39, 0.29) is 23.4 Å². The summed E-state index contributed by atoms with van der Waals surface area (Å²) in [5.74, 6) is -0.656. The van der Waals surface area contributed by atoms with Crippen molar-refractivity contribution in [1.29, 1.82) is 0 Å². The van der Waals surface area contributed by atoms with E-state index < -0.39 is 18.1 Å². The molecule has 0 saturated carbocycles. The van der Waals surface area contributed by atoms with Crippen LogP contribution in [0.3, 0.4) is 0 Å². The molecule has 0 aliphatic rings. The molecule has 0 saturated heterocycles. The van der Waals surface area contributed by atoms with Crippen molar-refractivity contribution in [2.24, 2.45) is 0 Å². The summed E-state index contributed by atoms with van der Waals surface area (Å²) >= 11 is 0. The fourth-order valence-electron chi connectivity index (χ4n) is 1.23. The maximum absolute atomic E-state index is 12.5. The Kier molecular flexibility index (Phi) is 3.76. The van der Waals surface area contributed by atoms with Crippen LogP contribution in [0.5, 0.6) is 0 Å². The third-order valence-electron chi connectivity index (χ3n) is 2.11. The van der Waals surface area contributed by atoms with E-state index in [4.69, 9.17) is 10.5 Å². The van der Waals surface area contributed by atoms with Crippen LogP contribution in [0.25, 0.3) is 0 Å². The smallest absolute Gasteiger partial charge is 0.341 e. The van der Waals surface area contributed by atoms with Gasteiger partial charge in [-0.05, 0) is 13.8 Å². The second-order valence-corrected chi connectivity index (χ2v) is 3.12. The Morgan fingerprint density at radius 1 is 1.62 bits per heavy atom. The number of nitrogens with zero attached hydrogens (tertiary/aromatic N) is 1. The average molecular weight is 230 g/mol. The fourth-order valence-corrected chi connectivity index (χ4v) is 1.23. The van der Waals surface area contributed by atoms with Gasteiger partial charge in [0, 0.05) is 11.8 Å². The van der Waals surface area contributed by atoms with Crippen molar-refractivity contribution >= 4 is 11.7 Å². The predicted octanol–water partition coefficient (Wildman–Crippen LogP) is 2.09. The number of hydrogen-bond acceptors (Lipinski definition) is 4. The number of halogens is 2. The van der Waals surface area contributed by atoms with Gasteiger partial charge in [0.05, 0.1) is 12.3 Å². The van der Waals surface area contributed by atoms with E-state index in [0.717, 1.165) is 6.20 Å². The monoisotopic (exact) mass is 230 g/mol. The highest BCUT2D eigenvalue weighted by Gasteiger charge is 2.20. The van der Waals surface area contributed by atoms with Gasteiger partial charge in [-0.2, -0.15) is 0 Å². The number of ether oxygens (including phenoxy) is 1. The summed E-state index contributed by atoms with van der Waals surface area (Å²) in [6, 6.07) is 0. The molecule has 1 aromatic heterocycles. The number of alkyl halides is 2. The number of carbonyl (C=O) groups is 1. The summed E-state index contributed by atoms with van der Waals surface area (Å²) in [5.41, 5.74) is 5.29. The first kappa shape index (κ1) is 12.4. The Balaban J connectivity index is 3.16. The minimum Gasteiger partial charge on any atom is -0.462 e. The minimum atomic E-state index is -2.71. The standard InChI is InChI=1S/C10H12F2N2O2/c1-3-16-10(15)6-4-14-8(9(11)12)5(2)7(6)13/h4,9H,3H2,1-2H3,(H2,13,14). The number of rotatable bonds is 3. The largest absolute Gasteiger partial charge is 0.462 e. The Labute approximate surface area is 91.4 Å². The van der Waals surface area contributed by atoms with Crippen molar-refractivity contribution in [3.8, 4) is 0 Å². The Morgan fingerprint density at radius 3 is 2.75 bits per heavy atom. The zero-order valence-corrected chi connectivity index (χ0v) is 8.96. The lowest BCUT2D eigenvalue weighted by molar-refractivity contribution is 0.0526. The number of hydrogen-bond donors (Lipinski definition) is 1. The molecule has 4 nitrogen and oxygen atoms in total. The molecule has 0 aliphatic carbocycles. The lowest BCUT2D eigenvalue weighted by Gasteiger charge is -2.10. The third-order valence-corrected chi connectivity index (χ3v) is 2.11. The first-order chi connectivity index (χ1) is 7.49. The van der Waals surface area contributed by atoms with Crippen LogP contribution < -0.4 is 5.73 Å². The molecule has 0 unspecified atom stereocenters. The zero-order valence-electron chi connectivity index (χ0n) is 8.96. The first-order valence-electron chi connectivity index (χ1n) is 4.69. The summed E-state index contributed by atoms with van der Waals surface area (Å²) in [6.07, 6.45) is -1.69. The molecule has 0 fully saturated rings. The number of anilines is 1.